The minimum atomic E-state index is -0.459. The second-order valence-electron chi connectivity index (χ2n) is 14.2. The number of unbranched alkanes of at least 4 members (excludes halogenated alkanes) is 8. The summed E-state index contributed by atoms with van der Waals surface area (Å²) < 4.78 is 11.1. The van der Waals surface area contributed by atoms with E-state index in [-0.39, 0.29) is 5.60 Å². The number of rotatable bonds is 17. The maximum absolute atomic E-state index is 12.3. The summed E-state index contributed by atoms with van der Waals surface area (Å²) >= 11 is 0. The van der Waals surface area contributed by atoms with Crippen molar-refractivity contribution in [2.24, 2.45) is 29.6 Å². The molecule has 0 N–H and O–H groups in total. The lowest BCUT2D eigenvalue weighted by Gasteiger charge is -2.43. The van der Waals surface area contributed by atoms with Gasteiger partial charge in [-0.3, -0.25) is 0 Å². The first-order chi connectivity index (χ1) is 19.1. The topological polar surface area (TPSA) is 35.5 Å². The molecular formula is C36H66O3. The highest BCUT2D eigenvalue weighted by Gasteiger charge is 2.42. The van der Waals surface area contributed by atoms with E-state index in [1.54, 1.807) is 0 Å². The molecule has 0 aliphatic heterocycles. The van der Waals surface area contributed by atoms with Gasteiger partial charge in [0.1, 0.15) is 5.60 Å². The smallest absolute Gasteiger partial charge is 0.438 e. The molecule has 3 saturated carbocycles. The van der Waals surface area contributed by atoms with Crippen LogP contribution in [0.15, 0.2) is 0 Å². The van der Waals surface area contributed by atoms with Gasteiger partial charge in [0, 0.05) is 0 Å². The summed E-state index contributed by atoms with van der Waals surface area (Å²) in [5.41, 5.74) is -0.268. The van der Waals surface area contributed by atoms with E-state index in [4.69, 9.17) is 9.47 Å². The highest BCUT2D eigenvalue weighted by molar-refractivity contribution is 5.60. The highest BCUT2D eigenvalue weighted by atomic mass is 16.7. The van der Waals surface area contributed by atoms with Crippen LogP contribution >= 0.6 is 0 Å². The minimum Gasteiger partial charge on any atom is -0.438 e. The first-order valence-corrected chi connectivity index (χ1v) is 17.8. The average molecular weight is 547 g/mol. The number of hydrogen-bond donors (Lipinski definition) is 0. The van der Waals surface area contributed by atoms with Gasteiger partial charge in [0.2, 0.25) is 0 Å². The molecule has 0 atom stereocenters. The highest BCUT2D eigenvalue weighted by Crippen LogP contribution is 2.47. The Morgan fingerprint density at radius 2 is 1.03 bits per heavy atom. The van der Waals surface area contributed by atoms with Crippen LogP contribution in [0.1, 0.15) is 181 Å². The third kappa shape index (κ3) is 12.0. The molecule has 3 fully saturated rings. The Labute approximate surface area is 243 Å². The van der Waals surface area contributed by atoms with E-state index in [9.17, 15) is 4.79 Å². The zero-order valence-corrected chi connectivity index (χ0v) is 26.5. The molecule has 3 aliphatic carbocycles. The minimum absolute atomic E-state index is 0.268. The predicted octanol–water partition coefficient (Wildman–Crippen LogP) is 11.8. The van der Waals surface area contributed by atoms with Crippen molar-refractivity contribution >= 4 is 6.16 Å². The van der Waals surface area contributed by atoms with E-state index in [2.05, 4.69) is 13.8 Å². The van der Waals surface area contributed by atoms with Crippen LogP contribution in [0.3, 0.4) is 0 Å². The van der Waals surface area contributed by atoms with Crippen molar-refractivity contribution in [2.45, 2.75) is 186 Å². The van der Waals surface area contributed by atoms with Crippen molar-refractivity contribution < 1.29 is 14.3 Å². The van der Waals surface area contributed by atoms with Gasteiger partial charge in [-0.2, -0.15) is 0 Å². The maximum Gasteiger partial charge on any atom is 0.508 e. The number of hydrogen-bond acceptors (Lipinski definition) is 3. The standard InChI is InChI=1S/C36H66O3/c1-4-6-8-10-12-14-30-16-18-32(19-17-30)24-27-36(39-35(37)38-3)28-25-34(26-29-36)33-22-20-31(21-23-33)15-13-11-9-7-5-2/h30-34H,4-29H2,1-3H3. The lowest BCUT2D eigenvalue weighted by Crippen LogP contribution is -2.41. The number of methoxy groups -OCH3 is 1. The van der Waals surface area contributed by atoms with Gasteiger partial charge in [0.15, 0.2) is 0 Å². The number of carbonyl (C=O) groups is 1. The Hall–Kier alpha value is -0.730. The van der Waals surface area contributed by atoms with Crippen molar-refractivity contribution in [3.05, 3.63) is 0 Å². The van der Waals surface area contributed by atoms with Gasteiger partial charge in [0.05, 0.1) is 7.11 Å². The Morgan fingerprint density at radius 3 is 1.51 bits per heavy atom. The van der Waals surface area contributed by atoms with Crippen LogP contribution in [0.25, 0.3) is 0 Å². The van der Waals surface area contributed by atoms with Crippen molar-refractivity contribution in [2.75, 3.05) is 7.11 Å². The van der Waals surface area contributed by atoms with E-state index in [1.165, 1.54) is 155 Å². The van der Waals surface area contributed by atoms with E-state index in [0.29, 0.717) is 0 Å². The van der Waals surface area contributed by atoms with Crippen LogP contribution in [0.4, 0.5) is 4.79 Å². The molecule has 3 nitrogen and oxygen atoms in total. The van der Waals surface area contributed by atoms with Crippen molar-refractivity contribution in [3.8, 4) is 0 Å². The molecule has 0 radical (unpaired) electrons. The lowest BCUT2D eigenvalue weighted by atomic mass is 9.66. The molecule has 39 heavy (non-hydrogen) atoms. The van der Waals surface area contributed by atoms with Crippen LogP contribution in [-0.4, -0.2) is 18.9 Å². The molecular weight excluding hydrogens is 480 g/mol. The maximum atomic E-state index is 12.3. The van der Waals surface area contributed by atoms with Crippen molar-refractivity contribution in [3.63, 3.8) is 0 Å². The van der Waals surface area contributed by atoms with Gasteiger partial charge in [-0.05, 0) is 81.0 Å². The molecule has 0 spiro atoms. The summed E-state index contributed by atoms with van der Waals surface area (Å²) in [5.74, 6) is 4.54. The van der Waals surface area contributed by atoms with Crippen molar-refractivity contribution in [1.29, 1.82) is 0 Å². The molecule has 0 heterocycles. The van der Waals surface area contributed by atoms with Gasteiger partial charge in [-0.15, -0.1) is 0 Å². The molecule has 0 amide bonds. The molecule has 3 rings (SSSR count). The van der Waals surface area contributed by atoms with Crippen LogP contribution in [-0.2, 0) is 9.47 Å². The van der Waals surface area contributed by atoms with Gasteiger partial charge < -0.3 is 9.47 Å². The fourth-order valence-electron chi connectivity index (χ4n) is 8.56. The fraction of sp³-hybridized carbons (Fsp3) is 0.972. The van der Waals surface area contributed by atoms with Crippen LogP contribution in [0.5, 0.6) is 0 Å². The molecule has 3 heteroatoms. The summed E-state index contributed by atoms with van der Waals surface area (Å²) in [6, 6.07) is 0. The van der Waals surface area contributed by atoms with Crippen LogP contribution in [0, 0.1) is 29.6 Å². The first kappa shape index (κ1) is 32.8. The van der Waals surface area contributed by atoms with Crippen LogP contribution in [0.2, 0.25) is 0 Å². The van der Waals surface area contributed by atoms with E-state index in [0.717, 1.165) is 48.9 Å². The number of ether oxygens (including phenoxy) is 2. The molecule has 3 aliphatic rings. The third-order valence-electron chi connectivity index (χ3n) is 11.4. The van der Waals surface area contributed by atoms with Gasteiger partial charge >= 0.3 is 6.16 Å². The molecule has 228 valence electrons. The lowest BCUT2D eigenvalue weighted by molar-refractivity contribution is -0.0701. The molecule has 0 aromatic carbocycles. The van der Waals surface area contributed by atoms with Gasteiger partial charge in [0.25, 0.3) is 0 Å². The van der Waals surface area contributed by atoms with E-state index in [1.807, 2.05) is 0 Å². The monoisotopic (exact) mass is 547 g/mol. The Kier molecular flexibility index (Phi) is 15.7. The van der Waals surface area contributed by atoms with E-state index < -0.39 is 6.16 Å². The molecule has 0 saturated heterocycles. The molecule has 0 aromatic heterocycles. The molecule has 0 bridgehead atoms. The SMILES string of the molecule is CCCCCCCC1CCC(CCC2(OC(=O)OC)CCC(C3CCC(CCCCCCC)CC3)CC2)CC1. The predicted molar refractivity (Wildman–Crippen MR) is 165 cm³/mol. The quantitative estimate of drug-likeness (QED) is 0.134. The summed E-state index contributed by atoms with van der Waals surface area (Å²) in [6.45, 7) is 4.61. The average Bonchev–Trinajstić information content (AvgIpc) is 2.97. The first-order valence-electron chi connectivity index (χ1n) is 17.8. The second-order valence-corrected chi connectivity index (χ2v) is 14.2. The Bertz CT molecular complexity index is 621. The third-order valence-corrected chi connectivity index (χ3v) is 11.4. The Balaban J connectivity index is 1.36. The Morgan fingerprint density at radius 1 is 0.590 bits per heavy atom. The summed E-state index contributed by atoms with van der Waals surface area (Å²) in [4.78, 5) is 12.3. The molecule has 0 aromatic rings. The summed E-state index contributed by atoms with van der Waals surface area (Å²) in [6.07, 6.45) is 34.9. The van der Waals surface area contributed by atoms with Gasteiger partial charge in [-0.1, -0.05) is 129 Å². The van der Waals surface area contributed by atoms with Crippen LogP contribution < -0.4 is 0 Å². The largest absolute Gasteiger partial charge is 0.508 e. The number of carbonyl (C=O) groups excluding carboxylic acids is 1. The zero-order valence-electron chi connectivity index (χ0n) is 26.5. The van der Waals surface area contributed by atoms with Crippen molar-refractivity contribution in [1.82, 2.24) is 0 Å². The van der Waals surface area contributed by atoms with E-state index >= 15 is 0 Å². The summed E-state index contributed by atoms with van der Waals surface area (Å²) in [5, 5.41) is 0. The fourth-order valence-corrected chi connectivity index (χ4v) is 8.56. The summed E-state index contributed by atoms with van der Waals surface area (Å²) in [7, 11) is 1.47. The second kappa shape index (κ2) is 18.7. The van der Waals surface area contributed by atoms with Gasteiger partial charge in [-0.25, -0.2) is 4.79 Å². The molecule has 0 unspecified atom stereocenters. The normalized spacial score (nSPS) is 31.6. The zero-order chi connectivity index (χ0) is 27.8.